The third kappa shape index (κ3) is 4.36. The number of hydrogen-bond acceptors (Lipinski definition) is 4. The third-order valence-electron chi connectivity index (χ3n) is 5.48. The van der Waals surface area contributed by atoms with Gasteiger partial charge in [0, 0.05) is 32.9 Å². The van der Waals surface area contributed by atoms with Crippen molar-refractivity contribution in [2.45, 2.75) is 59.9 Å². The Morgan fingerprint density at radius 1 is 1.22 bits per heavy atom. The Morgan fingerprint density at radius 3 is 2.38 bits per heavy atom. The van der Waals surface area contributed by atoms with Gasteiger partial charge in [0.15, 0.2) is 6.10 Å². The molecule has 0 aliphatic heterocycles. The molecular weight excluding hydrogens is 426 g/mol. The smallest absolute Gasteiger partial charge is 0.339 e. The van der Waals surface area contributed by atoms with E-state index in [4.69, 9.17) is 32.6 Å². The minimum absolute atomic E-state index is 0.168. The van der Waals surface area contributed by atoms with Gasteiger partial charge in [0.1, 0.15) is 5.65 Å². The van der Waals surface area contributed by atoms with Crippen molar-refractivity contribution in [3.8, 4) is 11.1 Å². The minimum Gasteiger partial charge on any atom is -0.467 e. The van der Waals surface area contributed by atoms with Gasteiger partial charge in [0.05, 0.1) is 12.7 Å². The first-order valence-corrected chi connectivity index (χ1v) is 10.7. The van der Waals surface area contributed by atoms with Crippen LogP contribution in [0.1, 0.15) is 49.4 Å². The summed E-state index contributed by atoms with van der Waals surface area (Å²) < 4.78 is 13.3. The van der Waals surface area contributed by atoms with Gasteiger partial charge in [-0.3, -0.25) is 9.41 Å². The lowest BCUT2D eigenvalue weighted by Gasteiger charge is -2.28. The molecular formula is C25H28ClN3O3. The first-order valence-electron chi connectivity index (χ1n) is 10.3. The second kappa shape index (κ2) is 8.93. The van der Waals surface area contributed by atoms with Crippen LogP contribution in [0.25, 0.3) is 27.0 Å². The Hall–Kier alpha value is -2.88. The maximum absolute atomic E-state index is 12.9. The van der Waals surface area contributed by atoms with Crippen LogP contribution in [0.15, 0.2) is 24.3 Å². The monoisotopic (exact) mass is 453 g/mol. The van der Waals surface area contributed by atoms with Crippen LogP contribution in [0, 0.1) is 27.3 Å². The maximum atomic E-state index is 12.9. The highest BCUT2D eigenvalue weighted by Crippen LogP contribution is 2.42. The van der Waals surface area contributed by atoms with E-state index in [1.54, 1.807) is 0 Å². The highest BCUT2D eigenvalue weighted by molar-refractivity contribution is 6.30. The summed E-state index contributed by atoms with van der Waals surface area (Å²) in [7, 11) is 1.35. The number of nitrogens with zero attached hydrogens (tertiary/aromatic N) is 3. The fourth-order valence-electron chi connectivity index (χ4n) is 3.96. The molecule has 0 saturated heterocycles. The molecule has 1 unspecified atom stereocenters. The number of aromatic nitrogens is 2. The Bertz CT molecular complexity index is 1210. The Kier molecular flexibility index (Phi) is 6.64. The van der Waals surface area contributed by atoms with E-state index in [-0.39, 0.29) is 6.67 Å². The normalized spacial score (nSPS) is 12.6. The molecule has 32 heavy (non-hydrogen) atoms. The molecule has 0 aliphatic carbocycles. The first-order chi connectivity index (χ1) is 15.0. The van der Waals surface area contributed by atoms with Crippen molar-refractivity contribution in [3.05, 3.63) is 63.2 Å². The van der Waals surface area contributed by atoms with E-state index in [1.807, 2.05) is 70.4 Å². The number of halogens is 1. The number of rotatable bonds is 5. The predicted molar refractivity (Wildman–Crippen MR) is 127 cm³/mol. The van der Waals surface area contributed by atoms with Crippen molar-refractivity contribution in [1.82, 2.24) is 9.55 Å². The van der Waals surface area contributed by atoms with Gasteiger partial charge >= 0.3 is 5.97 Å². The summed E-state index contributed by atoms with van der Waals surface area (Å²) in [5, 5.41) is 1.51. The molecule has 2 aromatic heterocycles. The zero-order valence-corrected chi connectivity index (χ0v) is 20.3. The number of benzene rings is 1. The fourth-order valence-corrected chi connectivity index (χ4v) is 4.09. The average molecular weight is 454 g/mol. The first kappa shape index (κ1) is 23.8. The number of fused-ring (bicyclic) bond motifs is 1. The molecule has 2 heterocycles. The molecule has 0 spiro atoms. The summed E-state index contributed by atoms with van der Waals surface area (Å²) in [6, 6.07) is 7.48. The highest BCUT2D eigenvalue weighted by atomic mass is 35.5. The van der Waals surface area contributed by atoms with Crippen LogP contribution in [-0.4, -0.2) is 28.2 Å². The Morgan fingerprint density at radius 2 is 1.84 bits per heavy atom. The molecule has 0 amide bonds. The van der Waals surface area contributed by atoms with Crippen molar-refractivity contribution in [2.75, 3.05) is 7.11 Å². The molecule has 3 rings (SSSR count). The standard InChI is InChI=1S/C25H28ClN3O3/c1-14-16(3)29(13-27-7)23-19(14)21(17-9-11-18(26)12-10-17)20(15(2)28-23)22(24(30)31-8)32-25(4,5)6/h9-12,22H,13H2,1-6,8H3. The van der Waals surface area contributed by atoms with Gasteiger partial charge in [-0.05, 0) is 64.8 Å². The number of aryl methyl sites for hydroxylation is 2. The van der Waals surface area contributed by atoms with E-state index in [1.165, 1.54) is 7.11 Å². The molecule has 1 atom stereocenters. The van der Waals surface area contributed by atoms with Gasteiger partial charge in [0.2, 0.25) is 0 Å². The number of pyridine rings is 1. The van der Waals surface area contributed by atoms with Gasteiger partial charge in [0.25, 0.3) is 6.67 Å². The summed E-state index contributed by atoms with van der Waals surface area (Å²) in [6.45, 7) is 19.1. The molecule has 7 heteroatoms. The van der Waals surface area contributed by atoms with Crippen molar-refractivity contribution in [2.24, 2.45) is 0 Å². The van der Waals surface area contributed by atoms with E-state index in [0.29, 0.717) is 21.9 Å². The zero-order chi connectivity index (χ0) is 23.8. The number of methoxy groups -OCH3 is 1. The van der Waals surface area contributed by atoms with Crippen molar-refractivity contribution >= 4 is 28.6 Å². The summed E-state index contributed by atoms with van der Waals surface area (Å²) in [4.78, 5) is 21.4. The SMILES string of the molecule is [C-]#[N+]Cn1c(C)c(C)c2c(-c3ccc(Cl)cc3)c(C(OC(C)(C)C)C(=O)OC)c(C)nc21. The predicted octanol–water partition coefficient (Wildman–Crippen LogP) is 6.19. The topological polar surface area (TPSA) is 57.7 Å². The van der Waals surface area contributed by atoms with Gasteiger partial charge in [-0.2, -0.15) is 0 Å². The lowest BCUT2D eigenvalue weighted by Crippen LogP contribution is -2.29. The van der Waals surface area contributed by atoms with E-state index < -0.39 is 17.7 Å². The molecule has 168 valence electrons. The molecule has 1 aromatic carbocycles. The van der Waals surface area contributed by atoms with E-state index in [2.05, 4.69) is 4.85 Å². The highest BCUT2D eigenvalue weighted by Gasteiger charge is 2.34. The molecule has 3 aromatic rings. The largest absolute Gasteiger partial charge is 0.467 e. The molecule has 0 N–H and O–H groups in total. The van der Waals surface area contributed by atoms with Crippen LogP contribution in [0.4, 0.5) is 0 Å². The van der Waals surface area contributed by atoms with Gasteiger partial charge in [-0.1, -0.05) is 23.7 Å². The van der Waals surface area contributed by atoms with Crippen LogP contribution in [0.5, 0.6) is 0 Å². The average Bonchev–Trinajstić information content (AvgIpc) is 2.95. The molecule has 0 fully saturated rings. The molecule has 0 aliphatic rings. The van der Waals surface area contributed by atoms with Crippen LogP contribution < -0.4 is 0 Å². The second-order valence-corrected chi connectivity index (χ2v) is 9.20. The van der Waals surface area contributed by atoms with Crippen LogP contribution >= 0.6 is 11.6 Å². The van der Waals surface area contributed by atoms with Gasteiger partial charge in [-0.15, -0.1) is 0 Å². The van der Waals surface area contributed by atoms with E-state index >= 15 is 0 Å². The van der Waals surface area contributed by atoms with Gasteiger partial charge < -0.3 is 9.47 Å². The van der Waals surface area contributed by atoms with Crippen LogP contribution in [0.3, 0.4) is 0 Å². The molecule has 0 radical (unpaired) electrons. The third-order valence-corrected chi connectivity index (χ3v) is 5.73. The van der Waals surface area contributed by atoms with E-state index in [0.717, 1.165) is 27.8 Å². The zero-order valence-electron chi connectivity index (χ0n) is 19.5. The van der Waals surface area contributed by atoms with Crippen LogP contribution in [0.2, 0.25) is 5.02 Å². The number of esters is 1. The number of ether oxygens (including phenoxy) is 2. The second-order valence-electron chi connectivity index (χ2n) is 8.76. The molecule has 0 saturated carbocycles. The minimum atomic E-state index is -0.966. The number of hydrogen-bond donors (Lipinski definition) is 0. The molecule has 6 nitrogen and oxygen atoms in total. The summed E-state index contributed by atoms with van der Waals surface area (Å²) >= 11 is 6.16. The van der Waals surface area contributed by atoms with Crippen LogP contribution in [-0.2, 0) is 20.9 Å². The van der Waals surface area contributed by atoms with Crippen molar-refractivity contribution in [3.63, 3.8) is 0 Å². The fraction of sp³-hybridized carbons (Fsp3) is 0.400. The lowest BCUT2D eigenvalue weighted by molar-refractivity contribution is -0.164. The quantitative estimate of drug-likeness (QED) is 0.341. The summed E-state index contributed by atoms with van der Waals surface area (Å²) in [5.41, 5.74) is 5.10. The number of carbonyl (C=O) groups excluding carboxylic acids is 1. The Balaban J connectivity index is 2.50. The summed E-state index contributed by atoms with van der Waals surface area (Å²) in [5.74, 6) is -0.491. The Labute approximate surface area is 193 Å². The van der Waals surface area contributed by atoms with E-state index in [9.17, 15) is 4.79 Å². The maximum Gasteiger partial charge on any atom is 0.339 e. The van der Waals surface area contributed by atoms with Crippen molar-refractivity contribution < 1.29 is 14.3 Å². The summed E-state index contributed by atoms with van der Waals surface area (Å²) in [6.07, 6.45) is -0.966. The lowest BCUT2D eigenvalue weighted by atomic mass is 9.91. The van der Waals surface area contributed by atoms with Crippen molar-refractivity contribution in [1.29, 1.82) is 0 Å². The number of carbonyl (C=O) groups is 1. The molecule has 0 bridgehead atoms. The van der Waals surface area contributed by atoms with Gasteiger partial charge in [-0.25, -0.2) is 16.4 Å².